The molecule has 340 valence electrons. The van der Waals surface area contributed by atoms with E-state index in [-0.39, 0.29) is 36.9 Å². The molecular weight excluding hydrogens is 739 g/mol. The van der Waals surface area contributed by atoms with Crippen LogP contribution in [0.2, 0.25) is 0 Å². The van der Waals surface area contributed by atoms with Gasteiger partial charge in [-0.2, -0.15) is 0 Å². The lowest BCUT2D eigenvalue weighted by molar-refractivity contribution is -0.153. The summed E-state index contributed by atoms with van der Waals surface area (Å²) in [6.45, 7) is 21.1. The van der Waals surface area contributed by atoms with Crippen molar-refractivity contribution in [1.82, 2.24) is 0 Å². The number of esters is 1. The van der Waals surface area contributed by atoms with Gasteiger partial charge in [-0.15, -0.1) is 0 Å². The predicted octanol–water partition coefficient (Wildman–Crippen LogP) is 12.7. The lowest BCUT2D eigenvalue weighted by Crippen LogP contribution is -2.26. The fraction of sp³-hybridized carbons (Fsp3) is 0.957. The molecule has 9 nitrogen and oxygen atoms in total. The van der Waals surface area contributed by atoms with Crippen LogP contribution in [-0.2, 0) is 27.9 Å². The molecule has 0 fully saturated rings. The maximum absolute atomic E-state index is 13.0. The Labute approximate surface area is 351 Å². The molecule has 10 heteroatoms. The lowest BCUT2D eigenvalue weighted by Gasteiger charge is -2.21. The Kier molecular flexibility index (Phi) is 33.3. The SMILES string of the molecule is CC(C)CCCC(C)CCCC(C)CCCC(C)CC(=O)CC[C@H](COP(=O)(O)OCC(O)CO)OC(=O)CC(C)CCCC(C)CCCC(C)CCCC(C)C. The van der Waals surface area contributed by atoms with E-state index in [4.69, 9.17) is 18.9 Å². The normalized spacial score (nSPS) is 17.5. The Hall–Kier alpha value is -0.830. The Morgan fingerprint density at radius 2 is 0.860 bits per heavy atom. The molecule has 0 aromatic heterocycles. The minimum absolute atomic E-state index is 0.0700. The highest BCUT2D eigenvalue weighted by Gasteiger charge is 2.27. The van der Waals surface area contributed by atoms with Gasteiger partial charge in [-0.05, 0) is 53.8 Å². The fourth-order valence-corrected chi connectivity index (χ4v) is 8.53. The molecule has 57 heavy (non-hydrogen) atoms. The van der Waals surface area contributed by atoms with Crippen molar-refractivity contribution in [2.24, 2.45) is 47.3 Å². The summed E-state index contributed by atoms with van der Waals surface area (Å²) in [5, 5.41) is 18.5. The molecule has 0 saturated carbocycles. The van der Waals surface area contributed by atoms with Crippen LogP contribution < -0.4 is 0 Å². The quantitative estimate of drug-likeness (QED) is 0.0408. The molecular formula is C47H93O9P. The molecule has 0 aliphatic heterocycles. The molecule has 0 saturated heterocycles. The van der Waals surface area contributed by atoms with Gasteiger partial charge in [0.1, 0.15) is 18.0 Å². The second-order valence-electron chi connectivity index (χ2n) is 19.5. The van der Waals surface area contributed by atoms with Crippen LogP contribution in [0.1, 0.15) is 210 Å². The molecule has 0 aliphatic rings. The third kappa shape index (κ3) is 35.6. The Morgan fingerprint density at radius 3 is 1.25 bits per heavy atom. The number of ketones is 1. The summed E-state index contributed by atoms with van der Waals surface area (Å²) in [4.78, 5) is 36.2. The highest BCUT2D eigenvalue weighted by Crippen LogP contribution is 2.43. The van der Waals surface area contributed by atoms with E-state index in [1.807, 2.05) is 6.92 Å². The topological polar surface area (TPSA) is 140 Å². The van der Waals surface area contributed by atoms with Crippen molar-refractivity contribution in [1.29, 1.82) is 0 Å². The standard InChI is InChI=1S/C47H93O9P/c1-36(2)17-11-19-38(5)21-13-23-40(7)25-15-27-42(9)31-44(49)29-30-46(35-55-57(52,53)54-34-45(50)33-48)56-47(51)32-43(10)28-16-26-41(8)24-14-22-39(6)20-12-18-37(3)4/h36-43,45-46,48,50H,11-35H2,1-10H3,(H,52,53)/t38?,39?,40?,41?,42?,43?,45?,46-/m1/s1. The van der Waals surface area contributed by atoms with Crippen molar-refractivity contribution in [3.05, 3.63) is 0 Å². The molecule has 0 spiro atoms. The summed E-state index contributed by atoms with van der Waals surface area (Å²) in [5.74, 6) is 4.51. The maximum Gasteiger partial charge on any atom is 0.472 e. The van der Waals surface area contributed by atoms with Gasteiger partial charge >= 0.3 is 13.8 Å². The van der Waals surface area contributed by atoms with E-state index in [0.717, 1.165) is 55.8 Å². The summed E-state index contributed by atoms with van der Waals surface area (Å²) in [7, 11) is -4.59. The molecule has 0 heterocycles. The monoisotopic (exact) mass is 833 g/mol. The molecule has 0 bridgehead atoms. The number of phosphoric ester groups is 1. The number of hydrogen-bond acceptors (Lipinski definition) is 8. The van der Waals surface area contributed by atoms with Crippen molar-refractivity contribution >= 4 is 19.6 Å². The Morgan fingerprint density at radius 1 is 0.509 bits per heavy atom. The van der Waals surface area contributed by atoms with Crippen LogP contribution >= 0.6 is 7.82 Å². The molecule has 9 atom stereocenters. The zero-order valence-corrected chi connectivity index (χ0v) is 39.6. The third-order valence-corrected chi connectivity index (χ3v) is 12.7. The van der Waals surface area contributed by atoms with Crippen LogP contribution in [0.25, 0.3) is 0 Å². The molecule has 0 aliphatic carbocycles. The van der Waals surface area contributed by atoms with Crippen LogP contribution in [0.4, 0.5) is 0 Å². The van der Waals surface area contributed by atoms with Gasteiger partial charge in [0.25, 0.3) is 0 Å². The van der Waals surface area contributed by atoms with Crippen LogP contribution in [0.5, 0.6) is 0 Å². The number of aliphatic hydroxyl groups excluding tert-OH is 2. The molecule has 0 radical (unpaired) electrons. The smallest absolute Gasteiger partial charge is 0.460 e. The van der Waals surface area contributed by atoms with Crippen molar-refractivity contribution in [3.63, 3.8) is 0 Å². The first kappa shape index (κ1) is 56.2. The van der Waals surface area contributed by atoms with E-state index >= 15 is 0 Å². The van der Waals surface area contributed by atoms with E-state index in [9.17, 15) is 24.2 Å². The summed E-state index contributed by atoms with van der Waals surface area (Å²) in [6, 6.07) is 0. The molecule has 0 aromatic carbocycles. The minimum atomic E-state index is -4.59. The van der Waals surface area contributed by atoms with Crippen molar-refractivity contribution in [2.45, 2.75) is 223 Å². The number of hydrogen-bond donors (Lipinski definition) is 3. The van der Waals surface area contributed by atoms with Crippen LogP contribution in [0, 0.1) is 47.3 Å². The highest BCUT2D eigenvalue weighted by molar-refractivity contribution is 7.47. The van der Waals surface area contributed by atoms with Crippen LogP contribution in [0.15, 0.2) is 0 Å². The highest BCUT2D eigenvalue weighted by atomic mass is 31.2. The number of carbonyl (C=O) groups excluding carboxylic acids is 2. The second-order valence-corrected chi connectivity index (χ2v) is 21.0. The molecule has 0 rings (SSSR count). The van der Waals surface area contributed by atoms with E-state index < -0.39 is 45.8 Å². The number of ether oxygens (including phenoxy) is 1. The van der Waals surface area contributed by atoms with Crippen molar-refractivity contribution < 1.29 is 43.0 Å². The van der Waals surface area contributed by atoms with E-state index in [0.29, 0.717) is 18.3 Å². The van der Waals surface area contributed by atoms with E-state index in [2.05, 4.69) is 62.3 Å². The first-order chi connectivity index (χ1) is 26.8. The fourth-order valence-electron chi connectivity index (χ4n) is 7.74. The van der Waals surface area contributed by atoms with Gasteiger partial charge in [-0.25, -0.2) is 4.57 Å². The first-order valence-corrected chi connectivity index (χ1v) is 24.9. The average Bonchev–Trinajstić information content (AvgIpc) is 3.11. The molecule has 3 N–H and O–H groups in total. The average molecular weight is 833 g/mol. The summed E-state index contributed by atoms with van der Waals surface area (Å²) in [5.41, 5.74) is 0. The number of carbonyl (C=O) groups is 2. The van der Waals surface area contributed by atoms with E-state index in [1.165, 1.54) is 83.5 Å². The van der Waals surface area contributed by atoms with Gasteiger partial charge in [-0.1, -0.05) is 185 Å². The zero-order valence-electron chi connectivity index (χ0n) is 38.7. The molecule has 0 amide bonds. The summed E-state index contributed by atoms with van der Waals surface area (Å²) < 4.78 is 28.1. The maximum atomic E-state index is 13.0. The summed E-state index contributed by atoms with van der Waals surface area (Å²) >= 11 is 0. The van der Waals surface area contributed by atoms with Crippen LogP contribution in [0.3, 0.4) is 0 Å². The van der Waals surface area contributed by atoms with Crippen LogP contribution in [-0.4, -0.2) is 58.9 Å². The second kappa shape index (κ2) is 33.8. The predicted molar refractivity (Wildman–Crippen MR) is 236 cm³/mol. The van der Waals surface area contributed by atoms with Gasteiger partial charge in [0.15, 0.2) is 0 Å². The number of rotatable bonds is 39. The van der Waals surface area contributed by atoms with Gasteiger partial charge in [0.2, 0.25) is 0 Å². The lowest BCUT2D eigenvalue weighted by atomic mass is 9.90. The van der Waals surface area contributed by atoms with Crippen molar-refractivity contribution in [2.75, 3.05) is 19.8 Å². The zero-order chi connectivity index (χ0) is 43.2. The number of phosphoric acid groups is 1. The number of Topliss-reactive ketones (excluding diaryl/α,β-unsaturated/α-hetero) is 1. The van der Waals surface area contributed by atoms with Gasteiger partial charge < -0.3 is 19.8 Å². The minimum Gasteiger partial charge on any atom is -0.460 e. The first-order valence-electron chi connectivity index (χ1n) is 23.4. The van der Waals surface area contributed by atoms with E-state index in [1.54, 1.807) is 0 Å². The molecule has 8 unspecified atom stereocenters. The van der Waals surface area contributed by atoms with Crippen molar-refractivity contribution in [3.8, 4) is 0 Å². The Bertz CT molecular complexity index is 1040. The third-order valence-electron chi connectivity index (χ3n) is 11.7. The van der Waals surface area contributed by atoms with Gasteiger partial charge in [-0.3, -0.25) is 18.6 Å². The summed E-state index contributed by atoms with van der Waals surface area (Å²) in [6.07, 6.45) is 20.7. The number of aliphatic hydroxyl groups is 2. The Balaban J connectivity index is 4.77. The molecule has 0 aromatic rings. The largest absolute Gasteiger partial charge is 0.472 e. The van der Waals surface area contributed by atoms with Gasteiger partial charge in [0.05, 0.1) is 19.8 Å². The van der Waals surface area contributed by atoms with Gasteiger partial charge in [0, 0.05) is 19.3 Å².